The summed E-state index contributed by atoms with van der Waals surface area (Å²) in [5.41, 5.74) is 0. The minimum atomic E-state index is -0.847. The maximum absolute atomic E-state index is 12.1. The SMILES string of the molecule is O=C(O)C1CCCCC1C(=O)OC1CCCCC1. The van der Waals surface area contributed by atoms with Crippen molar-refractivity contribution in [2.24, 2.45) is 11.8 Å². The first-order valence-corrected chi connectivity index (χ1v) is 7.12. The molecule has 1 N–H and O–H groups in total. The van der Waals surface area contributed by atoms with Crippen LogP contribution in [-0.2, 0) is 14.3 Å². The topological polar surface area (TPSA) is 63.6 Å². The Labute approximate surface area is 108 Å². The molecule has 0 aromatic rings. The van der Waals surface area contributed by atoms with Crippen molar-refractivity contribution in [1.29, 1.82) is 0 Å². The van der Waals surface area contributed by atoms with E-state index in [-0.39, 0.29) is 12.1 Å². The molecular weight excluding hydrogens is 232 g/mol. The highest BCUT2D eigenvalue weighted by Gasteiger charge is 2.37. The number of hydrogen-bond acceptors (Lipinski definition) is 3. The van der Waals surface area contributed by atoms with Crippen LogP contribution in [-0.4, -0.2) is 23.1 Å². The van der Waals surface area contributed by atoms with Gasteiger partial charge < -0.3 is 9.84 Å². The highest BCUT2D eigenvalue weighted by atomic mass is 16.5. The first-order chi connectivity index (χ1) is 8.68. The highest BCUT2D eigenvalue weighted by Crippen LogP contribution is 2.32. The molecule has 0 bridgehead atoms. The lowest BCUT2D eigenvalue weighted by Gasteiger charge is -2.29. The van der Waals surface area contributed by atoms with Gasteiger partial charge in [0.2, 0.25) is 0 Å². The van der Waals surface area contributed by atoms with Gasteiger partial charge in [0.15, 0.2) is 0 Å². The van der Waals surface area contributed by atoms with Crippen LogP contribution in [0.4, 0.5) is 0 Å². The maximum Gasteiger partial charge on any atom is 0.310 e. The fourth-order valence-electron chi connectivity index (χ4n) is 3.14. The van der Waals surface area contributed by atoms with E-state index >= 15 is 0 Å². The van der Waals surface area contributed by atoms with Gasteiger partial charge in [-0.15, -0.1) is 0 Å². The Balaban J connectivity index is 1.91. The summed E-state index contributed by atoms with van der Waals surface area (Å²) >= 11 is 0. The van der Waals surface area contributed by atoms with Crippen molar-refractivity contribution in [2.75, 3.05) is 0 Å². The number of aliphatic carboxylic acids is 1. The van der Waals surface area contributed by atoms with Crippen LogP contribution in [0.1, 0.15) is 57.8 Å². The Kier molecular flexibility index (Phi) is 4.61. The Morgan fingerprint density at radius 3 is 2.00 bits per heavy atom. The van der Waals surface area contributed by atoms with Gasteiger partial charge in [-0.2, -0.15) is 0 Å². The largest absolute Gasteiger partial charge is 0.481 e. The van der Waals surface area contributed by atoms with E-state index in [0.29, 0.717) is 12.8 Å². The molecule has 4 heteroatoms. The molecule has 2 atom stereocenters. The van der Waals surface area contributed by atoms with Crippen LogP contribution in [0.15, 0.2) is 0 Å². The lowest BCUT2D eigenvalue weighted by molar-refractivity contribution is -0.164. The first kappa shape index (κ1) is 13.4. The van der Waals surface area contributed by atoms with E-state index in [1.807, 2.05) is 0 Å². The highest BCUT2D eigenvalue weighted by molar-refractivity contribution is 5.81. The molecule has 0 spiro atoms. The monoisotopic (exact) mass is 254 g/mol. The van der Waals surface area contributed by atoms with Crippen molar-refractivity contribution >= 4 is 11.9 Å². The zero-order chi connectivity index (χ0) is 13.0. The van der Waals surface area contributed by atoms with E-state index in [1.54, 1.807) is 0 Å². The van der Waals surface area contributed by atoms with Crippen LogP contribution >= 0.6 is 0 Å². The molecule has 0 radical (unpaired) electrons. The fraction of sp³-hybridized carbons (Fsp3) is 0.857. The summed E-state index contributed by atoms with van der Waals surface area (Å²) < 4.78 is 5.51. The molecule has 2 aliphatic carbocycles. The first-order valence-electron chi connectivity index (χ1n) is 7.12. The Morgan fingerprint density at radius 2 is 1.39 bits per heavy atom. The molecule has 2 aliphatic rings. The lowest BCUT2D eigenvalue weighted by Crippen LogP contribution is -2.36. The summed E-state index contributed by atoms with van der Waals surface area (Å²) in [5.74, 6) is -2.07. The molecule has 0 aliphatic heterocycles. The minimum absolute atomic E-state index is 0.0302. The molecule has 0 aromatic carbocycles. The van der Waals surface area contributed by atoms with Gasteiger partial charge in [-0.05, 0) is 38.5 Å². The number of carboxylic acids is 1. The number of ether oxygens (including phenoxy) is 1. The third-order valence-corrected chi connectivity index (χ3v) is 4.22. The van der Waals surface area contributed by atoms with E-state index in [1.165, 1.54) is 6.42 Å². The average Bonchev–Trinajstić information content (AvgIpc) is 2.40. The molecule has 2 unspecified atom stereocenters. The lowest BCUT2D eigenvalue weighted by atomic mass is 9.79. The molecule has 0 aromatic heterocycles. The van der Waals surface area contributed by atoms with Crippen molar-refractivity contribution in [1.82, 2.24) is 0 Å². The number of carbonyl (C=O) groups is 2. The standard InChI is InChI=1S/C14H22O4/c15-13(16)11-8-4-5-9-12(11)14(17)18-10-6-2-1-3-7-10/h10-12H,1-9H2,(H,15,16). The van der Waals surface area contributed by atoms with Crippen LogP contribution in [0, 0.1) is 11.8 Å². The summed E-state index contributed by atoms with van der Waals surface area (Å²) in [4.78, 5) is 23.2. The van der Waals surface area contributed by atoms with Crippen molar-refractivity contribution in [3.8, 4) is 0 Å². The number of hydrogen-bond donors (Lipinski definition) is 1. The van der Waals surface area contributed by atoms with Crippen LogP contribution in [0.3, 0.4) is 0 Å². The van der Waals surface area contributed by atoms with Gasteiger partial charge >= 0.3 is 11.9 Å². The van der Waals surface area contributed by atoms with Gasteiger partial charge in [-0.1, -0.05) is 19.3 Å². The second kappa shape index (κ2) is 6.21. The quantitative estimate of drug-likeness (QED) is 0.786. The van der Waals surface area contributed by atoms with Gasteiger partial charge in [0.05, 0.1) is 11.8 Å². The number of carboxylic acid groups (broad SMARTS) is 1. The summed E-state index contributed by atoms with van der Waals surface area (Å²) in [6.45, 7) is 0. The summed E-state index contributed by atoms with van der Waals surface area (Å²) in [5, 5.41) is 9.16. The Bertz CT molecular complexity index is 307. The third kappa shape index (κ3) is 3.24. The molecule has 2 fully saturated rings. The normalized spacial score (nSPS) is 29.8. The third-order valence-electron chi connectivity index (χ3n) is 4.22. The Morgan fingerprint density at radius 1 is 0.833 bits per heavy atom. The molecular formula is C14H22O4. The van der Waals surface area contributed by atoms with Gasteiger partial charge in [-0.3, -0.25) is 9.59 Å². The van der Waals surface area contributed by atoms with E-state index in [2.05, 4.69) is 0 Å². The van der Waals surface area contributed by atoms with Gasteiger partial charge in [0, 0.05) is 0 Å². The van der Waals surface area contributed by atoms with E-state index < -0.39 is 17.8 Å². The zero-order valence-electron chi connectivity index (χ0n) is 10.8. The van der Waals surface area contributed by atoms with E-state index in [0.717, 1.165) is 38.5 Å². The number of carbonyl (C=O) groups excluding carboxylic acids is 1. The average molecular weight is 254 g/mol. The van der Waals surface area contributed by atoms with E-state index in [9.17, 15) is 9.59 Å². The molecule has 18 heavy (non-hydrogen) atoms. The minimum Gasteiger partial charge on any atom is -0.481 e. The zero-order valence-corrected chi connectivity index (χ0v) is 10.8. The molecule has 4 nitrogen and oxygen atoms in total. The maximum atomic E-state index is 12.1. The van der Waals surface area contributed by atoms with Crippen LogP contribution in [0.25, 0.3) is 0 Å². The molecule has 0 amide bonds. The van der Waals surface area contributed by atoms with Crippen molar-refractivity contribution in [3.05, 3.63) is 0 Å². The molecule has 2 saturated carbocycles. The summed E-state index contributed by atoms with van der Waals surface area (Å²) in [6.07, 6.45) is 8.49. The predicted octanol–water partition coefficient (Wildman–Crippen LogP) is 2.75. The van der Waals surface area contributed by atoms with Gasteiger partial charge in [0.25, 0.3) is 0 Å². The summed E-state index contributed by atoms with van der Waals surface area (Å²) in [7, 11) is 0. The second-order valence-corrected chi connectivity index (χ2v) is 5.53. The van der Waals surface area contributed by atoms with Gasteiger partial charge in [-0.25, -0.2) is 0 Å². The molecule has 0 heterocycles. The van der Waals surface area contributed by atoms with Crippen molar-refractivity contribution < 1.29 is 19.4 Å². The van der Waals surface area contributed by atoms with Gasteiger partial charge in [0.1, 0.15) is 6.10 Å². The fourth-order valence-corrected chi connectivity index (χ4v) is 3.14. The van der Waals surface area contributed by atoms with Crippen LogP contribution in [0.2, 0.25) is 0 Å². The molecule has 2 rings (SSSR count). The Hall–Kier alpha value is -1.06. The summed E-state index contributed by atoms with van der Waals surface area (Å²) in [6, 6.07) is 0. The van der Waals surface area contributed by atoms with Crippen molar-refractivity contribution in [3.63, 3.8) is 0 Å². The number of rotatable bonds is 3. The second-order valence-electron chi connectivity index (χ2n) is 5.53. The van der Waals surface area contributed by atoms with Crippen LogP contribution in [0.5, 0.6) is 0 Å². The molecule has 0 saturated heterocycles. The smallest absolute Gasteiger partial charge is 0.310 e. The molecule has 102 valence electrons. The van der Waals surface area contributed by atoms with Crippen LogP contribution < -0.4 is 0 Å². The van der Waals surface area contributed by atoms with E-state index in [4.69, 9.17) is 9.84 Å². The predicted molar refractivity (Wildman–Crippen MR) is 66.0 cm³/mol. The number of esters is 1. The van der Waals surface area contributed by atoms with Crippen molar-refractivity contribution in [2.45, 2.75) is 63.9 Å².